The molecule has 0 bridgehead atoms. The van der Waals surface area contributed by atoms with Crippen LogP contribution in [-0.4, -0.2) is 59.5 Å². The summed E-state index contributed by atoms with van der Waals surface area (Å²) in [6, 6.07) is -0.494. The van der Waals surface area contributed by atoms with E-state index in [1.165, 1.54) is 6.42 Å². The first-order valence-electron chi connectivity index (χ1n) is 7.91. The third kappa shape index (κ3) is 2.43. The predicted octanol–water partition coefficient (Wildman–Crippen LogP) is 1.17. The molecule has 0 aromatic rings. The van der Waals surface area contributed by atoms with Crippen LogP contribution in [0.5, 0.6) is 0 Å². The van der Waals surface area contributed by atoms with Crippen LogP contribution in [0.4, 0.5) is 0 Å². The molecule has 3 unspecified atom stereocenters. The van der Waals surface area contributed by atoms with Gasteiger partial charge < -0.3 is 14.5 Å². The van der Waals surface area contributed by atoms with E-state index in [1.54, 1.807) is 9.80 Å². The maximum absolute atomic E-state index is 12.5. The van der Waals surface area contributed by atoms with Gasteiger partial charge in [-0.15, -0.1) is 0 Å². The van der Waals surface area contributed by atoms with E-state index in [4.69, 9.17) is 4.74 Å². The largest absolute Gasteiger partial charge is 0.378 e. The standard InChI is InChI=1S/C15H24N2O3/c1-11-14(18)17-8-4-6-13(17)15(19)16(11)9-7-12-5-2-3-10-20-12/h11-13H,2-10H2,1H3. The Balaban J connectivity index is 1.62. The highest BCUT2D eigenvalue weighted by atomic mass is 16.5. The first-order chi connectivity index (χ1) is 9.68. The highest BCUT2D eigenvalue weighted by Crippen LogP contribution is 2.27. The van der Waals surface area contributed by atoms with Crippen LogP contribution in [0.2, 0.25) is 0 Å². The molecule has 0 spiro atoms. The van der Waals surface area contributed by atoms with Crippen molar-refractivity contribution in [2.75, 3.05) is 19.7 Å². The van der Waals surface area contributed by atoms with Crippen molar-refractivity contribution in [3.05, 3.63) is 0 Å². The molecule has 3 rings (SSSR count). The van der Waals surface area contributed by atoms with Crippen LogP contribution in [0, 0.1) is 0 Å². The number of hydrogen-bond donors (Lipinski definition) is 0. The minimum atomic E-state index is -0.305. The summed E-state index contributed by atoms with van der Waals surface area (Å²) in [4.78, 5) is 28.4. The minimum absolute atomic E-state index is 0.122. The summed E-state index contributed by atoms with van der Waals surface area (Å²) >= 11 is 0. The van der Waals surface area contributed by atoms with Gasteiger partial charge in [-0.1, -0.05) is 0 Å². The van der Waals surface area contributed by atoms with Crippen LogP contribution in [-0.2, 0) is 14.3 Å². The molecule has 0 N–H and O–H groups in total. The van der Waals surface area contributed by atoms with Crippen LogP contribution in [0.15, 0.2) is 0 Å². The second kappa shape index (κ2) is 5.72. The number of ether oxygens (including phenoxy) is 1. The van der Waals surface area contributed by atoms with E-state index in [9.17, 15) is 9.59 Å². The number of nitrogens with zero attached hydrogens (tertiary/aromatic N) is 2. The van der Waals surface area contributed by atoms with E-state index in [1.807, 2.05) is 6.92 Å². The summed E-state index contributed by atoms with van der Waals surface area (Å²) in [5, 5.41) is 0. The zero-order valence-corrected chi connectivity index (χ0v) is 12.2. The van der Waals surface area contributed by atoms with Crippen molar-refractivity contribution in [3.63, 3.8) is 0 Å². The Hall–Kier alpha value is -1.10. The Morgan fingerprint density at radius 1 is 1.15 bits per heavy atom. The van der Waals surface area contributed by atoms with Crippen LogP contribution < -0.4 is 0 Å². The van der Waals surface area contributed by atoms with Gasteiger partial charge in [0.05, 0.1) is 6.10 Å². The molecule has 3 aliphatic rings. The monoisotopic (exact) mass is 280 g/mol. The number of piperazine rings is 1. The molecule has 0 aliphatic carbocycles. The fourth-order valence-electron chi connectivity index (χ4n) is 3.66. The molecule has 3 heterocycles. The molecule has 0 saturated carbocycles. The summed E-state index contributed by atoms with van der Waals surface area (Å²) < 4.78 is 5.72. The van der Waals surface area contributed by atoms with Crippen LogP contribution in [0.1, 0.15) is 45.4 Å². The van der Waals surface area contributed by atoms with Gasteiger partial charge in [0.15, 0.2) is 0 Å². The van der Waals surface area contributed by atoms with Gasteiger partial charge in [0.1, 0.15) is 12.1 Å². The number of hydrogen-bond acceptors (Lipinski definition) is 3. The lowest BCUT2D eigenvalue weighted by Gasteiger charge is -2.41. The first-order valence-corrected chi connectivity index (χ1v) is 7.91. The van der Waals surface area contributed by atoms with Crippen molar-refractivity contribution in [1.82, 2.24) is 9.80 Å². The third-order valence-corrected chi connectivity index (χ3v) is 4.89. The van der Waals surface area contributed by atoms with E-state index in [0.29, 0.717) is 6.54 Å². The quantitative estimate of drug-likeness (QED) is 0.779. The van der Waals surface area contributed by atoms with E-state index in [2.05, 4.69) is 0 Å². The maximum Gasteiger partial charge on any atom is 0.246 e. The summed E-state index contributed by atoms with van der Waals surface area (Å²) in [5.41, 5.74) is 0. The molecule has 0 aromatic carbocycles. The van der Waals surface area contributed by atoms with Crippen molar-refractivity contribution < 1.29 is 14.3 Å². The third-order valence-electron chi connectivity index (χ3n) is 4.89. The van der Waals surface area contributed by atoms with Crippen LogP contribution >= 0.6 is 0 Å². The molecule has 5 heteroatoms. The second-order valence-corrected chi connectivity index (χ2v) is 6.17. The normalized spacial score (nSPS) is 34.5. The van der Waals surface area contributed by atoms with Gasteiger partial charge in [-0.2, -0.15) is 0 Å². The van der Waals surface area contributed by atoms with Crippen molar-refractivity contribution in [3.8, 4) is 0 Å². The summed E-state index contributed by atoms with van der Waals surface area (Å²) in [7, 11) is 0. The fourth-order valence-corrected chi connectivity index (χ4v) is 3.66. The second-order valence-electron chi connectivity index (χ2n) is 6.17. The summed E-state index contributed by atoms with van der Waals surface area (Å²) in [6.45, 7) is 4.10. The van der Waals surface area contributed by atoms with Gasteiger partial charge in [-0.25, -0.2) is 0 Å². The first kappa shape index (κ1) is 13.9. The van der Waals surface area contributed by atoms with Gasteiger partial charge in [0, 0.05) is 19.7 Å². The van der Waals surface area contributed by atoms with Gasteiger partial charge in [0.2, 0.25) is 11.8 Å². The fraction of sp³-hybridized carbons (Fsp3) is 0.867. The molecule has 0 aromatic heterocycles. The Bertz CT molecular complexity index is 393. The van der Waals surface area contributed by atoms with E-state index >= 15 is 0 Å². The molecule has 5 nitrogen and oxygen atoms in total. The number of carbonyl (C=O) groups excluding carboxylic acids is 2. The van der Waals surface area contributed by atoms with Gasteiger partial charge in [-0.05, 0) is 45.4 Å². The lowest BCUT2D eigenvalue weighted by Crippen LogP contribution is -2.62. The zero-order valence-electron chi connectivity index (χ0n) is 12.2. The van der Waals surface area contributed by atoms with E-state index in [0.717, 1.165) is 45.3 Å². The SMILES string of the molecule is CC1C(=O)N2CCCC2C(=O)N1CCC1CCCCO1. The minimum Gasteiger partial charge on any atom is -0.378 e. The van der Waals surface area contributed by atoms with Crippen molar-refractivity contribution >= 4 is 11.8 Å². The number of rotatable bonds is 3. The van der Waals surface area contributed by atoms with Crippen molar-refractivity contribution in [1.29, 1.82) is 0 Å². The Morgan fingerprint density at radius 3 is 2.75 bits per heavy atom. The number of amides is 2. The van der Waals surface area contributed by atoms with Gasteiger partial charge in [-0.3, -0.25) is 9.59 Å². The Kier molecular flexibility index (Phi) is 3.96. The van der Waals surface area contributed by atoms with Gasteiger partial charge in [0.25, 0.3) is 0 Å². The lowest BCUT2D eigenvalue weighted by molar-refractivity contribution is -0.159. The molecule has 3 aliphatic heterocycles. The highest BCUT2D eigenvalue weighted by molar-refractivity contribution is 5.97. The van der Waals surface area contributed by atoms with Gasteiger partial charge >= 0.3 is 0 Å². The smallest absolute Gasteiger partial charge is 0.246 e. The number of fused-ring (bicyclic) bond motifs is 1. The maximum atomic E-state index is 12.5. The Morgan fingerprint density at radius 2 is 2.00 bits per heavy atom. The van der Waals surface area contributed by atoms with Crippen LogP contribution in [0.3, 0.4) is 0 Å². The number of carbonyl (C=O) groups is 2. The summed E-state index contributed by atoms with van der Waals surface area (Å²) in [5.74, 6) is 0.266. The molecular weight excluding hydrogens is 256 g/mol. The zero-order chi connectivity index (χ0) is 14.1. The van der Waals surface area contributed by atoms with E-state index < -0.39 is 0 Å². The lowest BCUT2D eigenvalue weighted by atomic mass is 10.0. The van der Waals surface area contributed by atoms with Crippen LogP contribution in [0.25, 0.3) is 0 Å². The highest BCUT2D eigenvalue weighted by Gasteiger charge is 2.45. The topological polar surface area (TPSA) is 49.9 Å². The average molecular weight is 280 g/mol. The molecule has 0 radical (unpaired) electrons. The molecule has 20 heavy (non-hydrogen) atoms. The summed E-state index contributed by atoms with van der Waals surface area (Å²) in [6.07, 6.45) is 6.34. The van der Waals surface area contributed by atoms with Crippen molar-refractivity contribution in [2.45, 2.75) is 63.6 Å². The molecule has 2 amide bonds. The Labute approximate surface area is 120 Å². The van der Waals surface area contributed by atoms with E-state index in [-0.39, 0.29) is 30.0 Å². The predicted molar refractivity (Wildman–Crippen MR) is 74.1 cm³/mol. The molecule has 3 saturated heterocycles. The van der Waals surface area contributed by atoms with Crippen molar-refractivity contribution in [2.24, 2.45) is 0 Å². The molecule has 112 valence electrons. The molecular formula is C15H24N2O3. The average Bonchev–Trinajstić information content (AvgIpc) is 2.96. The molecule has 3 atom stereocenters. The molecule has 3 fully saturated rings.